The predicted molar refractivity (Wildman–Crippen MR) is 62.6 cm³/mol. The van der Waals surface area contributed by atoms with Crippen LogP contribution in [-0.4, -0.2) is 7.11 Å². The van der Waals surface area contributed by atoms with E-state index in [0.717, 1.165) is 14.5 Å². The van der Waals surface area contributed by atoms with Crippen LogP contribution in [-0.2, 0) is 4.74 Å². The first kappa shape index (κ1) is 10.8. The van der Waals surface area contributed by atoms with Gasteiger partial charge in [0.15, 0.2) is 0 Å². The second-order valence-electron chi connectivity index (χ2n) is 2.69. The van der Waals surface area contributed by atoms with Crippen LogP contribution in [0.3, 0.4) is 0 Å². The number of halogens is 2. The van der Waals surface area contributed by atoms with E-state index in [4.69, 9.17) is 4.74 Å². The Morgan fingerprint density at radius 3 is 2.15 bits per heavy atom. The van der Waals surface area contributed by atoms with Gasteiger partial charge in [0.25, 0.3) is 0 Å². The number of hydrogen-bond acceptors (Lipinski definition) is 1. The number of ether oxygens (including phenoxy) is 1. The van der Waals surface area contributed by atoms with E-state index >= 15 is 0 Å². The van der Waals surface area contributed by atoms with Gasteiger partial charge in [-0.2, -0.15) is 0 Å². The Hall–Kier alpha value is -0.280. The zero-order chi connectivity index (χ0) is 10.0. The van der Waals surface area contributed by atoms with Crippen molar-refractivity contribution in [1.82, 2.24) is 0 Å². The van der Waals surface area contributed by atoms with Crippen molar-refractivity contribution in [3.05, 3.63) is 38.8 Å². The van der Waals surface area contributed by atoms with Gasteiger partial charge in [0, 0.05) is 14.5 Å². The molecule has 0 aromatic heterocycles. The van der Waals surface area contributed by atoms with Gasteiger partial charge in [-0.25, -0.2) is 0 Å². The van der Waals surface area contributed by atoms with Crippen LogP contribution < -0.4 is 0 Å². The van der Waals surface area contributed by atoms with Gasteiger partial charge in [0.1, 0.15) is 5.76 Å². The third kappa shape index (κ3) is 2.35. The van der Waals surface area contributed by atoms with Gasteiger partial charge < -0.3 is 4.74 Å². The average molecular weight is 306 g/mol. The number of benzene rings is 1. The molecule has 1 nitrogen and oxygen atoms in total. The van der Waals surface area contributed by atoms with Crippen LogP contribution in [0, 0.1) is 6.92 Å². The Balaban J connectivity index is 3.20. The van der Waals surface area contributed by atoms with Crippen molar-refractivity contribution in [1.29, 1.82) is 0 Å². The Bertz CT molecular complexity index is 322. The molecule has 0 bridgehead atoms. The van der Waals surface area contributed by atoms with E-state index in [2.05, 4.69) is 38.4 Å². The molecule has 13 heavy (non-hydrogen) atoms. The molecule has 0 N–H and O–H groups in total. The van der Waals surface area contributed by atoms with Crippen LogP contribution in [0.1, 0.15) is 11.1 Å². The van der Waals surface area contributed by atoms with Gasteiger partial charge in [-0.15, -0.1) is 0 Å². The maximum atomic E-state index is 5.05. The van der Waals surface area contributed by atoms with E-state index in [0.29, 0.717) is 5.76 Å². The Morgan fingerprint density at radius 1 is 1.31 bits per heavy atom. The van der Waals surface area contributed by atoms with Crippen molar-refractivity contribution >= 4 is 37.6 Å². The van der Waals surface area contributed by atoms with Crippen LogP contribution in [0.15, 0.2) is 27.7 Å². The third-order valence-corrected chi connectivity index (χ3v) is 3.50. The summed E-state index contributed by atoms with van der Waals surface area (Å²) in [5, 5.41) is 0. The fourth-order valence-electron chi connectivity index (χ4n) is 0.924. The quantitative estimate of drug-likeness (QED) is 0.746. The molecule has 0 aliphatic heterocycles. The van der Waals surface area contributed by atoms with Gasteiger partial charge in [0.05, 0.1) is 7.11 Å². The molecule has 1 rings (SSSR count). The highest BCUT2D eigenvalue weighted by Gasteiger charge is 2.05. The third-order valence-electron chi connectivity index (χ3n) is 1.85. The van der Waals surface area contributed by atoms with Crippen molar-refractivity contribution in [3.8, 4) is 0 Å². The maximum absolute atomic E-state index is 5.05. The minimum Gasteiger partial charge on any atom is -0.497 e. The Morgan fingerprint density at radius 2 is 1.77 bits per heavy atom. The molecule has 0 spiro atoms. The summed E-state index contributed by atoms with van der Waals surface area (Å²) in [6.45, 7) is 5.83. The Kier molecular flexibility index (Phi) is 3.56. The molecule has 0 radical (unpaired) electrons. The summed E-state index contributed by atoms with van der Waals surface area (Å²) in [5.41, 5.74) is 2.15. The number of rotatable bonds is 2. The van der Waals surface area contributed by atoms with Gasteiger partial charge in [-0.1, -0.05) is 38.4 Å². The fraction of sp³-hybridized carbons (Fsp3) is 0.200. The second kappa shape index (κ2) is 4.29. The van der Waals surface area contributed by atoms with Crippen molar-refractivity contribution in [2.75, 3.05) is 7.11 Å². The summed E-state index contributed by atoms with van der Waals surface area (Å²) in [5.74, 6) is 0.668. The average Bonchev–Trinajstić information content (AvgIpc) is 2.12. The SMILES string of the molecule is C=C(OC)c1cc(Br)c(C)c(Br)c1. The van der Waals surface area contributed by atoms with Gasteiger partial charge in [0.2, 0.25) is 0 Å². The molecule has 70 valence electrons. The van der Waals surface area contributed by atoms with Crippen molar-refractivity contribution in [3.63, 3.8) is 0 Å². The van der Waals surface area contributed by atoms with Crippen molar-refractivity contribution < 1.29 is 4.74 Å². The molecule has 0 heterocycles. The first-order valence-electron chi connectivity index (χ1n) is 3.75. The highest BCUT2D eigenvalue weighted by molar-refractivity contribution is 9.11. The van der Waals surface area contributed by atoms with Crippen LogP contribution in [0.2, 0.25) is 0 Å². The second-order valence-corrected chi connectivity index (χ2v) is 4.40. The predicted octanol–water partition coefficient (Wildman–Crippen LogP) is 4.14. The monoisotopic (exact) mass is 304 g/mol. The molecule has 0 amide bonds. The minimum absolute atomic E-state index is 0.668. The zero-order valence-corrected chi connectivity index (χ0v) is 10.7. The molecular formula is C10H10Br2O. The lowest BCUT2D eigenvalue weighted by Gasteiger charge is -2.08. The van der Waals surface area contributed by atoms with E-state index in [1.165, 1.54) is 5.56 Å². The Labute approximate surface area is 95.1 Å². The molecule has 0 fully saturated rings. The summed E-state index contributed by atoms with van der Waals surface area (Å²) in [6, 6.07) is 3.98. The highest BCUT2D eigenvalue weighted by Crippen LogP contribution is 2.29. The molecule has 0 aliphatic rings. The zero-order valence-electron chi connectivity index (χ0n) is 7.53. The standard InChI is InChI=1S/C10H10Br2O/c1-6-9(11)4-8(5-10(6)12)7(2)13-3/h4-5H,2H2,1,3H3. The largest absolute Gasteiger partial charge is 0.497 e. The maximum Gasteiger partial charge on any atom is 0.118 e. The minimum atomic E-state index is 0.668. The molecular weight excluding hydrogens is 296 g/mol. The lowest BCUT2D eigenvalue weighted by molar-refractivity contribution is 0.371. The van der Waals surface area contributed by atoms with E-state index < -0.39 is 0 Å². The molecule has 1 aromatic carbocycles. The molecule has 0 aliphatic carbocycles. The molecule has 0 unspecified atom stereocenters. The summed E-state index contributed by atoms with van der Waals surface area (Å²) in [4.78, 5) is 0. The summed E-state index contributed by atoms with van der Waals surface area (Å²) < 4.78 is 7.15. The number of methoxy groups -OCH3 is 1. The van der Waals surface area contributed by atoms with Gasteiger partial charge in [-0.05, 0) is 24.6 Å². The van der Waals surface area contributed by atoms with E-state index in [1.54, 1.807) is 7.11 Å². The van der Waals surface area contributed by atoms with Gasteiger partial charge in [-0.3, -0.25) is 0 Å². The lowest BCUT2D eigenvalue weighted by atomic mass is 10.1. The molecule has 3 heteroatoms. The van der Waals surface area contributed by atoms with Crippen LogP contribution in [0.25, 0.3) is 5.76 Å². The molecule has 1 aromatic rings. The van der Waals surface area contributed by atoms with Crippen molar-refractivity contribution in [2.24, 2.45) is 0 Å². The first-order chi connectivity index (χ1) is 6.06. The van der Waals surface area contributed by atoms with Crippen LogP contribution in [0.4, 0.5) is 0 Å². The van der Waals surface area contributed by atoms with Crippen molar-refractivity contribution in [2.45, 2.75) is 6.92 Å². The topological polar surface area (TPSA) is 9.23 Å². The van der Waals surface area contributed by atoms with Crippen LogP contribution >= 0.6 is 31.9 Å². The summed E-state index contributed by atoms with van der Waals surface area (Å²) >= 11 is 6.94. The van der Waals surface area contributed by atoms with E-state index in [1.807, 2.05) is 19.1 Å². The first-order valence-corrected chi connectivity index (χ1v) is 5.33. The lowest BCUT2D eigenvalue weighted by Crippen LogP contribution is -1.88. The molecule has 0 saturated carbocycles. The fourth-order valence-corrected chi connectivity index (χ4v) is 2.11. The molecule has 0 atom stereocenters. The van der Waals surface area contributed by atoms with Gasteiger partial charge >= 0.3 is 0 Å². The highest BCUT2D eigenvalue weighted by atomic mass is 79.9. The number of hydrogen-bond donors (Lipinski definition) is 0. The smallest absolute Gasteiger partial charge is 0.118 e. The summed E-state index contributed by atoms with van der Waals surface area (Å²) in [6.07, 6.45) is 0. The van der Waals surface area contributed by atoms with E-state index in [9.17, 15) is 0 Å². The van der Waals surface area contributed by atoms with Crippen LogP contribution in [0.5, 0.6) is 0 Å². The summed E-state index contributed by atoms with van der Waals surface area (Å²) in [7, 11) is 1.62. The van der Waals surface area contributed by atoms with E-state index in [-0.39, 0.29) is 0 Å². The normalized spacial score (nSPS) is 9.85. The molecule has 0 saturated heterocycles.